The molecule has 3 N–H and O–H groups in total. The molecule has 7 heteroatoms. The molecule has 1 aromatic carbocycles. The van der Waals surface area contributed by atoms with Crippen molar-refractivity contribution in [3.8, 4) is 5.75 Å². The van der Waals surface area contributed by atoms with Crippen molar-refractivity contribution in [2.45, 2.75) is 36.8 Å². The van der Waals surface area contributed by atoms with Crippen LogP contribution in [0.5, 0.6) is 5.75 Å². The first-order valence-electron chi connectivity index (χ1n) is 6.36. The summed E-state index contributed by atoms with van der Waals surface area (Å²) in [6.07, 6.45) is 1.49. The number of ether oxygens (including phenoxy) is 2. The lowest BCUT2D eigenvalue weighted by Gasteiger charge is -2.34. The quantitative estimate of drug-likeness (QED) is 0.793. The van der Waals surface area contributed by atoms with Gasteiger partial charge < -0.3 is 15.2 Å². The summed E-state index contributed by atoms with van der Waals surface area (Å²) >= 11 is 0. The fourth-order valence-electron chi connectivity index (χ4n) is 2.18. The Morgan fingerprint density at radius 1 is 1.30 bits per heavy atom. The normalized spacial score (nSPS) is 22.4. The predicted molar refractivity (Wildman–Crippen MR) is 76.3 cm³/mol. The van der Waals surface area contributed by atoms with Crippen LogP contribution in [-0.4, -0.2) is 34.8 Å². The Morgan fingerprint density at radius 3 is 2.50 bits per heavy atom. The molecular weight excluding hydrogens is 280 g/mol. The van der Waals surface area contributed by atoms with Crippen LogP contribution in [0.2, 0.25) is 0 Å². The highest BCUT2D eigenvalue weighted by atomic mass is 32.2. The summed E-state index contributed by atoms with van der Waals surface area (Å²) in [7, 11) is -0.582. The van der Waals surface area contributed by atoms with E-state index in [1.54, 1.807) is 20.1 Å². The SMILES string of the molecule is COc1cc(C)c(N)cc1S(=O)(=O)NC1CC(OC)C1. The van der Waals surface area contributed by atoms with Gasteiger partial charge in [-0.25, -0.2) is 13.1 Å². The van der Waals surface area contributed by atoms with Crippen LogP contribution in [0.15, 0.2) is 17.0 Å². The Bertz CT molecular complexity index is 595. The van der Waals surface area contributed by atoms with Gasteiger partial charge >= 0.3 is 0 Å². The van der Waals surface area contributed by atoms with Gasteiger partial charge in [-0.05, 0) is 37.5 Å². The fraction of sp³-hybridized carbons (Fsp3) is 0.538. The van der Waals surface area contributed by atoms with Gasteiger partial charge in [-0.2, -0.15) is 0 Å². The molecule has 6 nitrogen and oxygen atoms in total. The highest BCUT2D eigenvalue weighted by Gasteiger charge is 2.33. The van der Waals surface area contributed by atoms with E-state index in [0.29, 0.717) is 24.3 Å². The van der Waals surface area contributed by atoms with E-state index in [0.717, 1.165) is 5.56 Å². The molecule has 1 saturated carbocycles. The maximum Gasteiger partial charge on any atom is 0.244 e. The van der Waals surface area contributed by atoms with E-state index in [9.17, 15) is 8.42 Å². The average molecular weight is 300 g/mol. The number of anilines is 1. The Labute approximate surface area is 119 Å². The van der Waals surface area contributed by atoms with Crippen LogP contribution < -0.4 is 15.2 Å². The smallest absolute Gasteiger partial charge is 0.244 e. The van der Waals surface area contributed by atoms with Crippen molar-refractivity contribution >= 4 is 15.7 Å². The first-order chi connectivity index (χ1) is 9.37. The number of hydrogen-bond acceptors (Lipinski definition) is 5. The van der Waals surface area contributed by atoms with E-state index in [1.165, 1.54) is 13.2 Å². The number of rotatable bonds is 5. The third-order valence-corrected chi connectivity index (χ3v) is 5.13. The second kappa shape index (κ2) is 5.59. The number of nitrogen functional groups attached to an aromatic ring is 1. The topological polar surface area (TPSA) is 90.7 Å². The molecule has 112 valence electrons. The predicted octanol–water partition coefficient (Wildman–Crippen LogP) is 1.04. The van der Waals surface area contributed by atoms with Gasteiger partial charge in [-0.15, -0.1) is 0 Å². The lowest BCUT2D eigenvalue weighted by molar-refractivity contribution is 0.0236. The molecule has 2 rings (SSSR count). The van der Waals surface area contributed by atoms with Crippen molar-refractivity contribution < 1.29 is 17.9 Å². The zero-order valence-corrected chi connectivity index (χ0v) is 12.7. The van der Waals surface area contributed by atoms with Crippen molar-refractivity contribution in [3.05, 3.63) is 17.7 Å². The molecule has 0 atom stereocenters. The van der Waals surface area contributed by atoms with Crippen molar-refractivity contribution in [2.24, 2.45) is 0 Å². The molecule has 0 amide bonds. The molecule has 0 spiro atoms. The molecule has 0 saturated heterocycles. The van der Waals surface area contributed by atoms with Crippen LogP contribution in [0.3, 0.4) is 0 Å². The number of methoxy groups -OCH3 is 2. The molecular formula is C13H20N2O4S. The number of benzene rings is 1. The molecule has 1 aromatic rings. The second-order valence-corrected chi connectivity index (χ2v) is 6.69. The maximum atomic E-state index is 12.4. The van der Waals surface area contributed by atoms with Crippen molar-refractivity contribution in [1.29, 1.82) is 0 Å². The van der Waals surface area contributed by atoms with Gasteiger partial charge in [0, 0.05) is 18.8 Å². The van der Waals surface area contributed by atoms with E-state index < -0.39 is 10.0 Å². The van der Waals surface area contributed by atoms with E-state index >= 15 is 0 Å². The van der Waals surface area contributed by atoms with Gasteiger partial charge in [-0.1, -0.05) is 0 Å². The Morgan fingerprint density at radius 2 is 1.95 bits per heavy atom. The van der Waals surface area contributed by atoms with Gasteiger partial charge in [-0.3, -0.25) is 0 Å². The van der Waals surface area contributed by atoms with Crippen LogP contribution in [-0.2, 0) is 14.8 Å². The van der Waals surface area contributed by atoms with Crippen LogP contribution in [0.25, 0.3) is 0 Å². The molecule has 0 unspecified atom stereocenters. The monoisotopic (exact) mass is 300 g/mol. The average Bonchev–Trinajstić information content (AvgIpc) is 2.35. The summed E-state index contributed by atoms with van der Waals surface area (Å²) in [4.78, 5) is 0.0731. The standard InChI is InChI=1S/C13H20N2O4S/c1-8-4-12(19-3)13(7-11(8)14)20(16,17)15-9-5-10(6-9)18-2/h4,7,9-10,15H,5-6,14H2,1-3H3. The van der Waals surface area contributed by atoms with E-state index in [-0.39, 0.29) is 17.0 Å². The lowest BCUT2D eigenvalue weighted by Crippen LogP contribution is -2.47. The third kappa shape index (κ3) is 2.89. The summed E-state index contributed by atoms with van der Waals surface area (Å²) in [6.45, 7) is 1.80. The van der Waals surface area contributed by atoms with Gasteiger partial charge in [0.2, 0.25) is 10.0 Å². The van der Waals surface area contributed by atoms with Crippen LogP contribution in [0.4, 0.5) is 5.69 Å². The first kappa shape index (κ1) is 15.1. The molecule has 0 bridgehead atoms. The van der Waals surface area contributed by atoms with Crippen molar-refractivity contribution in [1.82, 2.24) is 4.72 Å². The maximum absolute atomic E-state index is 12.4. The molecule has 0 aliphatic heterocycles. The number of nitrogens with two attached hydrogens (primary N) is 1. The van der Waals surface area contributed by atoms with Crippen molar-refractivity contribution in [3.63, 3.8) is 0 Å². The minimum Gasteiger partial charge on any atom is -0.495 e. The van der Waals surface area contributed by atoms with Crippen LogP contribution in [0.1, 0.15) is 18.4 Å². The van der Waals surface area contributed by atoms with Gasteiger partial charge in [0.25, 0.3) is 0 Å². The third-order valence-electron chi connectivity index (χ3n) is 3.59. The summed E-state index contributed by atoms with van der Waals surface area (Å²) in [6, 6.07) is 2.96. The molecule has 1 fully saturated rings. The number of aryl methyl sites for hydroxylation is 1. The van der Waals surface area contributed by atoms with Crippen LogP contribution >= 0.6 is 0 Å². The minimum absolute atomic E-state index is 0.0731. The summed E-state index contributed by atoms with van der Waals surface area (Å²) in [5, 5.41) is 0. The molecule has 0 heterocycles. The van der Waals surface area contributed by atoms with Crippen LogP contribution in [0, 0.1) is 6.92 Å². The molecule has 1 aliphatic rings. The highest BCUT2D eigenvalue weighted by Crippen LogP contribution is 2.31. The molecule has 0 aromatic heterocycles. The minimum atomic E-state index is -3.64. The van der Waals surface area contributed by atoms with E-state index in [4.69, 9.17) is 15.2 Å². The molecule has 1 aliphatic carbocycles. The number of hydrogen-bond donors (Lipinski definition) is 2. The Balaban J connectivity index is 2.23. The zero-order chi connectivity index (χ0) is 14.9. The number of nitrogens with one attached hydrogen (secondary N) is 1. The van der Waals surface area contributed by atoms with E-state index in [2.05, 4.69) is 4.72 Å². The van der Waals surface area contributed by atoms with Crippen molar-refractivity contribution in [2.75, 3.05) is 20.0 Å². The first-order valence-corrected chi connectivity index (χ1v) is 7.85. The highest BCUT2D eigenvalue weighted by molar-refractivity contribution is 7.89. The Kier molecular flexibility index (Phi) is 4.22. The number of sulfonamides is 1. The molecule has 20 heavy (non-hydrogen) atoms. The summed E-state index contributed by atoms with van der Waals surface area (Å²) < 4.78 is 37.7. The Hall–Kier alpha value is -1.31. The lowest BCUT2D eigenvalue weighted by atomic mass is 9.90. The zero-order valence-electron chi connectivity index (χ0n) is 11.8. The van der Waals surface area contributed by atoms with Gasteiger partial charge in [0.1, 0.15) is 10.6 Å². The summed E-state index contributed by atoms with van der Waals surface area (Å²) in [5.74, 6) is 0.298. The fourth-order valence-corrected chi connectivity index (χ4v) is 3.63. The summed E-state index contributed by atoms with van der Waals surface area (Å²) in [5.41, 5.74) is 7.00. The molecule has 0 radical (unpaired) electrons. The van der Waals surface area contributed by atoms with Gasteiger partial charge in [0.15, 0.2) is 0 Å². The second-order valence-electron chi connectivity index (χ2n) is 5.01. The van der Waals surface area contributed by atoms with E-state index in [1.807, 2.05) is 0 Å². The van der Waals surface area contributed by atoms with Gasteiger partial charge in [0.05, 0.1) is 13.2 Å². The largest absolute Gasteiger partial charge is 0.495 e.